The minimum Gasteiger partial charge on any atom is -0.382 e. The molecular weight excluding hydrogens is 268 g/mol. The van der Waals surface area contributed by atoms with Gasteiger partial charge in [0.15, 0.2) is 0 Å². The summed E-state index contributed by atoms with van der Waals surface area (Å²) in [6.45, 7) is 1.97. The van der Waals surface area contributed by atoms with Crippen molar-refractivity contribution >= 4 is 27.5 Å². The lowest BCUT2D eigenvalue weighted by molar-refractivity contribution is 0.597. The second kappa shape index (κ2) is 5.50. The number of primary sulfonamides is 1. The van der Waals surface area contributed by atoms with Crippen LogP contribution in [0.15, 0.2) is 23.1 Å². The van der Waals surface area contributed by atoms with E-state index in [-0.39, 0.29) is 4.90 Å². The summed E-state index contributed by atoms with van der Waals surface area (Å²) < 4.78 is 22.7. The fraction of sp³-hybridized carbons (Fsp3) is 0.500. The third-order valence-electron chi connectivity index (χ3n) is 3.12. The number of hydrogen-bond acceptors (Lipinski definition) is 4. The molecule has 1 heterocycles. The first kappa shape index (κ1) is 13.7. The van der Waals surface area contributed by atoms with Crippen molar-refractivity contribution in [2.24, 2.45) is 5.14 Å². The Morgan fingerprint density at radius 3 is 2.61 bits per heavy atom. The van der Waals surface area contributed by atoms with Crippen LogP contribution in [0.4, 0.5) is 5.69 Å². The summed E-state index contributed by atoms with van der Waals surface area (Å²) in [5, 5.41) is 8.58. The van der Waals surface area contributed by atoms with Gasteiger partial charge in [0.05, 0.1) is 4.90 Å². The van der Waals surface area contributed by atoms with Crippen LogP contribution in [0, 0.1) is 6.92 Å². The van der Waals surface area contributed by atoms with E-state index in [9.17, 15) is 8.42 Å². The first-order chi connectivity index (χ1) is 8.47. The number of thioether (sulfide) groups is 1. The molecule has 1 aromatic carbocycles. The van der Waals surface area contributed by atoms with Gasteiger partial charge in [-0.05, 0) is 49.0 Å². The van der Waals surface area contributed by atoms with Crippen LogP contribution in [0.3, 0.4) is 0 Å². The van der Waals surface area contributed by atoms with Crippen molar-refractivity contribution < 1.29 is 8.42 Å². The van der Waals surface area contributed by atoms with Gasteiger partial charge in [-0.1, -0.05) is 6.07 Å². The maximum atomic E-state index is 11.3. The van der Waals surface area contributed by atoms with Crippen molar-refractivity contribution in [1.82, 2.24) is 0 Å². The van der Waals surface area contributed by atoms with Gasteiger partial charge in [0.25, 0.3) is 0 Å². The second-order valence-corrected chi connectivity index (χ2v) is 7.34. The van der Waals surface area contributed by atoms with Crippen LogP contribution in [-0.4, -0.2) is 26.0 Å². The number of hydrogen-bond donors (Lipinski definition) is 2. The predicted molar refractivity (Wildman–Crippen MR) is 76.5 cm³/mol. The molecule has 3 N–H and O–H groups in total. The van der Waals surface area contributed by atoms with Crippen LogP contribution < -0.4 is 10.5 Å². The smallest absolute Gasteiger partial charge is 0.238 e. The van der Waals surface area contributed by atoms with Gasteiger partial charge in [0.2, 0.25) is 10.0 Å². The van der Waals surface area contributed by atoms with Gasteiger partial charge in [-0.2, -0.15) is 11.8 Å². The Morgan fingerprint density at radius 2 is 2.00 bits per heavy atom. The van der Waals surface area contributed by atoms with Crippen LogP contribution in [0.1, 0.15) is 18.4 Å². The second-order valence-electron chi connectivity index (χ2n) is 4.55. The Hall–Kier alpha value is -0.720. The highest BCUT2D eigenvalue weighted by Crippen LogP contribution is 2.24. The average Bonchev–Trinajstić information content (AvgIpc) is 2.32. The molecule has 1 aromatic rings. The zero-order chi connectivity index (χ0) is 13.2. The van der Waals surface area contributed by atoms with Crippen LogP contribution in [0.25, 0.3) is 0 Å². The predicted octanol–water partition coefficient (Wildman–Crippen LogP) is 1.95. The quantitative estimate of drug-likeness (QED) is 0.891. The Labute approximate surface area is 112 Å². The number of benzene rings is 1. The number of nitrogens with two attached hydrogens (primary N) is 1. The molecular formula is C12H18N2O2S2. The van der Waals surface area contributed by atoms with E-state index in [1.165, 1.54) is 0 Å². The maximum absolute atomic E-state index is 11.3. The Kier molecular flexibility index (Phi) is 4.19. The van der Waals surface area contributed by atoms with E-state index in [0.717, 1.165) is 35.6 Å². The van der Waals surface area contributed by atoms with Crippen molar-refractivity contribution in [3.63, 3.8) is 0 Å². The largest absolute Gasteiger partial charge is 0.382 e. The molecule has 2 rings (SSSR count). The van der Waals surface area contributed by atoms with E-state index in [0.29, 0.717) is 6.04 Å². The summed E-state index contributed by atoms with van der Waals surface area (Å²) in [5.74, 6) is 2.32. The van der Waals surface area contributed by atoms with Crippen LogP contribution in [0.5, 0.6) is 0 Å². The molecule has 100 valence electrons. The molecule has 1 aliphatic rings. The molecule has 0 aliphatic carbocycles. The summed E-state index contributed by atoms with van der Waals surface area (Å²) in [7, 11) is -3.63. The van der Waals surface area contributed by atoms with E-state index in [1.54, 1.807) is 18.2 Å². The molecule has 0 radical (unpaired) electrons. The Morgan fingerprint density at radius 1 is 1.33 bits per heavy atom. The Balaban J connectivity index is 2.21. The van der Waals surface area contributed by atoms with Gasteiger partial charge in [0.1, 0.15) is 0 Å². The van der Waals surface area contributed by atoms with Crippen molar-refractivity contribution in [3.8, 4) is 0 Å². The van der Waals surface area contributed by atoms with Crippen LogP contribution in [-0.2, 0) is 10.0 Å². The summed E-state index contributed by atoms with van der Waals surface area (Å²) in [6.07, 6.45) is 2.23. The standard InChI is InChI=1S/C12H18N2O2S2/c1-9-2-3-11(18(13,15)16)8-12(9)14-10-4-6-17-7-5-10/h2-3,8,10,14H,4-7H2,1H3,(H2,13,15,16). The van der Waals surface area contributed by atoms with Gasteiger partial charge < -0.3 is 5.32 Å². The third-order valence-corrected chi connectivity index (χ3v) is 5.08. The summed E-state index contributed by atoms with van der Waals surface area (Å²) >= 11 is 1.96. The number of rotatable bonds is 3. The van der Waals surface area contributed by atoms with Gasteiger partial charge in [-0.25, -0.2) is 13.6 Å². The fourth-order valence-electron chi connectivity index (χ4n) is 2.00. The van der Waals surface area contributed by atoms with Crippen LogP contribution >= 0.6 is 11.8 Å². The number of aryl methyl sites for hydroxylation is 1. The first-order valence-electron chi connectivity index (χ1n) is 5.94. The minimum absolute atomic E-state index is 0.167. The molecule has 0 unspecified atom stereocenters. The molecule has 0 atom stereocenters. The third kappa shape index (κ3) is 3.40. The highest BCUT2D eigenvalue weighted by molar-refractivity contribution is 7.99. The monoisotopic (exact) mass is 286 g/mol. The normalized spacial score (nSPS) is 17.7. The molecule has 0 bridgehead atoms. The first-order valence-corrected chi connectivity index (χ1v) is 8.64. The average molecular weight is 286 g/mol. The van der Waals surface area contributed by atoms with E-state index in [2.05, 4.69) is 5.32 Å². The number of sulfonamides is 1. The number of nitrogens with one attached hydrogen (secondary N) is 1. The molecule has 0 saturated carbocycles. The fourth-order valence-corrected chi connectivity index (χ4v) is 3.64. The van der Waals surface area contributed by atoms with Crippen LogP contribution in [0.2, 0.25) is 0 Å². The molecule has 1 saturated heterocycles. The van der Waals surface area contributed by atoms with Gasteiger partial charge >= 0.3 is 0 Å². The summed E-state index contributed by atoms with van der Waals surface area (Å²) in [4.78, 5) is 0.167. The van der Waals surface area contributed by atoms with Crippen molar-refractivity contribution in [2.75, 3.05) is 16.8 Å². The molecule has 1 aliphatic heterocycles. The van der Waals surface area contributed by atoms with Crippen molar-refractivity contribution in [3.05, 3.63) is 23.8 Å². The SMILES string of the molecule is Cc1ccc(S(N)(=O)=O)cc1NC1CCSCC1. The molecule has 0 spiro atoms. The molecule has 0 amide bonds. The number of anilines is 1. The summed E-state index contributed by atoms with van der Waals surface area (Å²) in [5.41, 5.74) is 1.92. The molecule has 4 nitrogen and oxygen atoms in total. The lowest BCUT2D eigenvalue weighted by atomic mass is 10.1. The summed E-state index contributed by atoms with van der Waals surface area (Å²) in [6, 6.07) is 5.40. The minimum atomic E-state index is -3.63. The van der Waals surface area contributed by atoms with E-state index in [1.807, 2.05) is 18.7 Å². The highest BCUT2D eigenvalue weighted by Gasteiger charge is 2.16. The Bertz CT molecular complexity index is 523. The van der Waals surface area contributed by atoms with Gasteiger partial charge in [-0.15, -0.1) is 0 Å². The highest BCUT2D eigenvalue weighted by atomic mass is 32.2. The molecule has 1 fully saturated rings. The topological polar surface area (TPSA) is 72.2 Å². The zero-order valence-corrected chi connectivity index (χ0v) is 12.0. The zero-order valence-electron chi connectivity index (χ0n) is 10.3. The molecule has 0 aromatic heterocycles. The van der Waals surface area contributed by atoms with Crippen molar-refractivity contribution in [1.29, 1.82) is 0 Å². The maximum Gasteiger partial charge on any atom is 0.238 e. The van der Waals surface area contributed by atoms with E-state index >= 15 is 0 Å². The van der Waals surface area contributed by atoms with E-state index < -0.39 is 10.0 Å². The molecule has 18 heavy (non-hydrogen) atoms. The van der Waals surface area contributed by atoms with Crippen molar-refractivity contribution in [2.45, 2.75) is 30.7 Å². The van der Waals surface area contributed by atoms with Gasteiger partial charge in [0, 0.05) is 11.7 Å². The lowest BCUT2D eigenvalue weighted by Gasteiger charge is -2.24. The van der Waals surface area contributed by atoms with E-state index in [4.69, 9.17) is 5.14 Å². The molecule has 6 heteroatoms. The lowest BCUT2D eigenvalue weighted by Crippen LogP contribution is -2.25. The van der Waals surface area contributed by atoms with Gasteiger partial charge in [-0.3, -0.25) is 0 Å².